The van der Waals surface area contributed by atoms with Crippen LogP contribution < -0.4 is 5.32 Å². The van der Waals surface area contributed by atoms with Gasteiger partial charge in [-0.1, -0.05) is 6.92 Å². The fourth-order valence-corrected chi connectivity index (χ4v) is 1.50. The number of aryl methyl sites for hydroxylation is 1. The number of hydrogen-bond acceptors (Lipinski definition) is 4. The van der Waals surface area contributed by atoms with Crippen molar-refractivity contribution in [2.45, 2.75) is 26.8 Å². The average molecular weight is 231 g/mol. The Kier molecular flexibility index (Phi) is 3.82. The molecule has 5 heteroatoms. The molecule has 90 valence electrons. The van der Waals surface area contributed by atoms with Gasteiger partial charge in [0.1, 0.15) is 0 Å². The summed E-state index contributed by atoms with van der Waals surface area (Å²) in [5.41, 5.74) is 2.06. The lowest BCUT2D eigenvalue weighted by atomic mass is 10.3. The van der Waals surface area contributed by atoms with Crippen LogP contribution in [0.15, 0.2) is 24.5 Å². The highest BCUT2D eigenvalue weighted by Crippen LogP contribution is 2.04. The lowest BCUT2D eigenvalue weighted by molar-refractivity contribution is 0.653. The van der Waals surface area contributed by atoms with Crippen LogP contribution in [0.4, 0.5) is 0 Å². The highest BCUT2D eigenvalue weighted by molar-refractivity contribution is 5.21. The van der Waals surface area contributed by atoms with Crippen molar-refractivity contribution in [1.82, 2.24) is 25.3 Å². The monoisotopic (exact) mass is 231 g/mol. The Morgan fingerprint density at radius 2 is 2.18 bits per heavy atom. The Balaban J connectivity index is 2.02. The smallest absolute Gasteiger partial charge is 0.175 e. The lowest BCUT2D eigenvalue weighted by Gasteiger charge is -2.03. The molecule has 0 atom stereocenters. The summed E-state index contributed by atoms with van der Waals surface area (Å²) < 4.78 is 1.73. The van der Waals surface area contributed by atoms with E-state index in [2.05, 4.69) is 27.5 Å². The van der Waals surface area contributed by atoms with E-state index in [9.17, 15) is 0 Å². The van der Waals surface area contributed by atoms with Crippen molar-refractivity contribution in [3.05, 3.63) is 35.8 Å². The fourth-order valence-electron chi connectivity index (χ4n) is 1.50. The zero-order valence-corrected chi connectivity index (χ0v) is 10.2. The Labute approximate surface area is 101 Å². The number of nitrogens with one attached hydrogen (secondary N) is 1. The molecule has 0 aliphatic rings. The average Bonchev–Trinajstić information content (AvgIpc) is 2.77. The second-order valence-electron chi connectivity index (χ2n) is 4.02. The summed E-state index contributed by atoms with van der Waals surface area (Å²) in [6, 6.07) is 3.91. The molecule has 0 spiro atoms. The van der Waals surface area contributed by atoms with Crippen molar-refractivity contribution in [3.8, 4) is 5.82 Å². The summed E-state index contributed by atoms with van der Waals surface area (Å²) in [5, 5.41) is 15.8. The van der Waals surface area contributed by atoms with E-state index in [0.29, 0.717) is 0 Å². The third kappa shape index (κ3) is 3.10. The Hall–Kier alpha value is -1.75. The van der Waals surface area contributed by atoms with Crippen molar-refractivity contribution < 1.29 is 0 Å². The molecule has 0 saturated carbocycles. The van der Waals surface area contributed by atoms with Crippen LogP contribution >= 0.6 is 0 Å². The number of nitrogens with zero attached hydrogens (tertiary/aromatic N) is 4. The predicted molar refractivity (Wildman–Crippen MR) is 65.9 cm³/mol. The van der Waals surface area contributed by atoms with E-state index < -0.39 is 0 Å². The topological polar surface area (TPSA) is 55.6 Å². The minimum atomic E-state index is 0.748. The van der Waals surface area contributed by atoms with E-state index in [4.69, 9.17) is 0 Å². The second-order valence-corrected chi connectivity index (χ2v) is 4.02. The van der Waals surface area contributed by atoms with Gasteiger partial charge >= 0.3 is 0 Å². The van der Waals surface area contributed by atoms with E-state index in [1.807, 2.05) is 25.3 Å². The van der Waals surface area contributed by atoms with Crippen LogP contribution in [0.25, 0.3) is 5.82 Å². The maximum absolute atomic E-state index is 4.19. The van der Waals surface area contributed by atoms with Gasteiger partial charge in [-0.2, -0.15) is 10.2 Å². The van der Waals surface area contributed by atoms with E-state index in [1.165, 1.54) is 0 Å². The highest BCUT2D eigenvalue weighted by atomic mass is 15.3. The first-order chi connectivity index (χ1) is 8.29. The Morgan fingerprint density at radius 3 is 2.76 bits per heavy atom. The second kappa shape index (κ2) is 5.54. The van der Waals surface area contributed by atoms with Crippen molar-refractivity contribution in [3.63, 3.8) is 0 Å². The first-order valence-corrected chi connectivity index (χ1v) is 5.84. The molecule has 17 heavy (non-hydrogen) atoms. The highest BCUT2D eigenvalue weighted by Gasteiger charge is 2.01. The van der Waals surface area contributed by atoms with Gasteiger partial charge in [0, 0.05) is 12.7 Å². The molecule has 0 saturated heterocycles. The molecule has 0 bridgehead atoms. The predicted octanol–water partition coefficient (Wildman–Crippen LogP) is 1.47. The molecule has 2 rings (SSSR count). The van der Waals surface area contributed by atoms with Gasteiger partial charge in [-0.05, 0) is 37.6 Å². The minimum Gasteiger partial charge on any atom is -0.311 e. The van der Waals surface area contributed by atoms with E-state index in [1.54, 1.807) is 10.9 Å². The summed E-state index contributed by atoms with van der Waals surface area (Å²) >= 11 is 0. The number of aromatic nitrogens is 4. The van der Waals surface area contributed by atoms with Gasteiger partial charge in [0.25, 0.3) is 0 Å². The van der Waals surface area contributed by atoms with Gasteiger partial charge in [-0.15, -0.1) is 5.10 Å². The van der Waals surface area contributed by atoms with Gasteiger partial charge in [-0.3, -0.25) is 0 Å². The summed E-state index contributed by atoms with van der Waals surface area (Å²) in [6.45, 7) is 5.91. The SMILES string of the molecule is CCCNCc1ccc(-n2cc(C)cn2)nn1. The minimum absolute atomic E-state index is 0.748. The molecule has 5 nitrogen and oxygen atoms in total. The molecule has 0 aliphatic heterocycles. The van der Waals surface area contributed by atoms with Crippen LogP contribution in [-0.4, -0.2) is 26.5 Å². The van der Waals surface area contributed by atoms with Gasteiger partial charge in [0.05, 0.1) is 11.9 Å². The van der Waals surface area contributed by atoms with Gasteiger partial charge in [0.2, 0.25) is 0 Å². The first-order valence-electron chi connectivity index (χ1n) is 5.84. The van der Waals surface area contributed by atoms with Gasteiger partial charge in [0.15, 0.2) is 5.82 Å². The molecule has 0 radical (unpaired) electrons. The van der Waals surface area contributed by atoms with Crippen LogP contribution in [0.3, 0.4) is 0 Å². The van der Waals surface area contributed by atoms with Crippen molar-refractivity contribution >= 4 is 0 Å². The quantitative estimate of drug-likeness (QED) is 0.792. The third-order valence-corrected chi connectivity index (χ3v) is 2.39. The molecule has 2 heterocycles. The summed E-state index contributed by atoms with van der Waals surface area (Å²) in [5.74, 6) is 0.748. The number of rotatable bonds is 5. The van der Waals surface area contributed by atoms with Crippen molar-refractivity contribution in [2.24, 2.45) is 0 Å². The third-order valence-electron chi connectivity index (χ3n) is 2.39. The standard InChI is InChI=1S/C12H17N5/c1-3-6-13-8-11-4-5-12(16-15-11)17-9-10(2)7-14-17/h4-5,7,9,13H,3,6,8H2,1-2H3. The zero-order valence-electron chi connectivity index (χ0n) is 10.2. The zero-order chi connectivity index (χ0) is 12.1. The van der Waals surface area contributed by atoms with Crippen LogP contribution in [-0.2, 0) is 6.54 Å². The lowest BCUT2D eigenvalue weighted by Crippen LogP contribution is -2.15. The molecule has 0 amide bonds. The molecule has 1 N–H and O–H groups in total. The molecular weight excluding hydrogens is 214 g/mol. The normalized spacial score (nSPS) is 10.7. The van der Waals surface area contributed by atoms with E-state index in [0.717, 1.165) is 36.6 Å². The molecule has 0 unspecified atom stereocenters. The Morgan fingerprint density at radius 1 is 1.29 bits per heavy atom. The van der Waals surface area contributed by atoms with Crippen molar-refractivity contribution in [1.29, 1.82) is 0 Å². The summed E-state index contributed by atoms with van der Waals surface area (Å²) in [6.07, 6.45) is 4.86. The van der Waals surface area contributed by atoms with Crippen molar-refractivity contribution in [2.75, 3.05) is 6.54 Å². The molecule has 0 fully saturated rings. The molecule has 2 aromatic rings. The largest absolute Gasteiger partial charge is 0.311 e. The van der Waals surface area contributed by atoms with Gasteiger partial charge < -0.3 is 5.32 Å². The van der Waals surface area contributed by atoms with Crippen LogP contribution in [0.5, 0.6) is 0 Å². The maximum atomic E-state index is 4.19. The number of hydrogen-bond donors (Lipinski definition) is 1. The fraction of sp³-hybridized carbons (Fsp3) is 0.417. The summed E-state index contributed by atoms with van der Waals surface area (Å²) in [7, 11) is 0. The van der Waals surface area contributed by atoms with E-state index >= 15 is 0 Å². The van der Waals surface area contributed by atoms with Crippen LogP contribution in [0, 0.1) is 6.92 Å². The Bertz CT molecular complexity index is 460. The van der Waals surface area contributed by atoms with E-state index in [-0.39, 0.29) is 0 Å². The molecular formula is C12H17N5. The van der Waals surface area contributed by atoms with Crippen LogP contribution in [0.2, 0.25) is 0 Å². The molecule has 0 aromatic carbocycles. The first kappa shape index (κ1) is 11.7. The molecule has 2 aromatic heterocycles. The molecule has 0 aliphatic carbocycles. The summed E-state index contributed by atoms with van der Waals surface area (Å²) in [4.78, 5) is 0. The maximum Gasteiger partial charge on any atom is 0.175 e. The van der Waals surface area contributed by atoms with Crippen LogP contribution in [0.1, 0.15) is 24.6 Å². The van der Waals surface area contributed by atoms with Gasteiger partial charge in [-0.25, -0.2) is 4.68 Å².